The molecule has 0 amide bonds. The number of ketones is 1. The number of ether oxygens (including phenoxy) is 1. The van der Waals surface area contributed by atoms with Crippen molar-refractivity contribution < 1.29 is 19.4 Å². The molecule has 2 N–H and O–H groups in total. The number of phenols is 1. The number of rotatable bonds is 3. The summed E-state index contributed by atoms with van der Waals surface area (Å²) in [5.74, 6) is -1.35. The highest BCUT2D eigenvalue weighted by molar-refractivity contribution is 6.00. The molecule has 1 aromatic carbocycles. The van der Waals surface area contributed by atoms with Crippen LogP contribution in [0.2, 0.25) is 0 Å². The number of hydrogen-bond acceptors (Lipinski definition) is 5. The summed E-state index contributed by atoms with van der Waals surface area (Å²) in [6.07, 6.45) is 1.15. The first-order valence-corrected chi connectivity index (χ1v) is 8.91. The molecule has 2 atom stereocenters. The lowest BCUT2D eigenvalue weighted by Crippen LogP contribution is -2.43. The first kappa shape index (κ1) is 18.2. The average Bonchev–Trinajstić information content (AvgIpc) is 2.53. The number of carbonyl (C=O) groups excluding carboxylic acids is 2. The molecule has 0 fully saturated rings. The minimum atomic E-state index is -0.677. The molecule has 5 nitrogen and oxygen atoms in total. The molecule has 3 rings (SSSR count). The van der Waals surface area contributed by atoms with Gasteiger partial charge in [0.05, 0.1) is 6.61 Å². The summed E-state index contributed by atoms with van der Waals surface area (Å²) >= 11 is 0. The average molecular weight is 355 g/mol. The van der Waals surface area contributed by atoms with E-state index < -0.39 is 17.8 Å². The lowest BCUT2D eigenvalue weighted by atomic mass is 9.66. The van der Waals surface area contributed by atoms with E-state index in [1.807, 2.05) is 0 Å². The van der Waals surface area contributed by atoms with E-state index in [1.54, 1.807) is 31.2 Å². The molecule has 0 saturated heterocycles. The van der Waals surface area contributed by atoms with Crippen LogP contribution in [0.3, 0.4) is 0 Å². The number of benzene rings is 1. The number of nitrogens with one attached hydrogen (secondary N) is 1. The standard InChI is InChI=1S/C21H25NO4/c1-5-26-20(25)17-12(2)22-15-10-21(3,4)11-16(24)19(15)18(17)13-6-8-14(23)9-7-13/h6-9,17-18,22-23H,2,5,10-11H2,1,3-4H3. The number of allylic oxidation sites excluding steroid dienone is 2. The lowest BCUT2D eigenvalue weighted by Gasteiger charge is -2.42. The summed E-state index contributed by atoms with van der Waals surface area (Å²) in [5.41, 5.74) is 2.68. The minimum absolute atomic E-state index is 0.0450. The van der Waals surface area contributed by atoms with Gasteiger partial charge >= 0.3 is 5.97 Å². The van der Waals surface area contributed by atoms with Crippen LogP contribution in [-0.4, -0.2) is 23.5 Å². The minimum Gasteiger partial charge on any atom is -0.508 e. The quantitative estimate of drug-likeness (QED) is 0.813. The van der Waals surface area contributed by atoms with Gasteiger partial charge in [-0.2, -0.15) is 0 Å². The molecule has 1 heterocycles. The molecule has 138 valence electrons. The zero-order valence-corrected chi connectivity index (χ0v) is 15.5. The van der Waals surface area contributed by atoms with Crippen LogP contribution < -0.4 is 5.32 Å². The maximum absolute atomic E-state index is 13.0. The Kier molecular flexibility index (Phi) is 4.65. The summed E-state index contributed by atoms with van der Waals surface area (Å²) in [6, 6.07) is 6.64. The van der Waals surface area contributed by atoms with Crippen molar-refractivity contribution in [2.45, 2.75) is 39.5 Å². The fourth-order valence-corrected chi connectivity index (χ4v) is 4.00. The highest BCUT2D eigenvalue weighted by Crippen LogP contribution is 2.48. The Morgan fingerprint density at radius 2 is 1.96 bits per heavy atom. The number of carbonyl (C=O) groups is 2. The van der Waals surface area contributed by atoms with Crippen LogP contribution in [0, 0.1) is 11.3 Å². The molecular formula is C21H25NO4. The van der Waals surface area contributed by atoms with Crippen molar-refractivity contribution in [1.82, 2.24) is 5.32 Å². The Hall–Kier alpha value is -2.56. The van der Waals surface area contributed by atoms with Gasteiger partial charge in [-0.15, -0.1) is 0 Å². The highest BCUT2D eigenvalue weighted by atomic mass is 16.5. The summed E-state index contributed by atoms with van der Waals surface area (Å²) in [4.78, 5) is 25.7. The number of Topliss-reactive ketones (excluding diaryl/α,β-unsaturated/α-hetero) is 1. The Bertz CT molecular complexity index is 789. The SMILES string of the molecule is C=C1NC2=C(C(=O)CC(C)(C)C2)C(c2ccc(O)cc2)C1C(=O)OCC. The van der Waals surface area contributed by atoms with Crippen LogP contribution in [0.5, 0.6) is 5.75 Å². The Labute approximate surface area is 153 Å². The Morgan fingerprint density at radius 3 is 2.58 bits per heavy atom. The summed E-state index contributed by atoms with van der Waals surface area (Å²) in [7, 11) is 0. The summed E-state index contributed by atoms with van der Waals surface area (Å²) < 4.78 is 5.26. The molecule has 1 aliphatic carbocycles. The molecule has 0 saturated carbocycles. The topological polar surface area (TPSA) is 75.6 Å². The van der Waals surface area contributed by atoms with Crippen LogP contribution in [0.1, 0.15) is 45.1 Å². The molecule has 0 aromatic heterocycles. The van der Waals surface area contributed by atoms with E-state index in [9.17, 15) is 14.7 Å². The van der Waals surface area contributed by atoms with Crippen LogP contribution >= 0.6 is 0 Å². The lowest BCUT2D eigenvalue weighted by molar-refractivity contribution is -0.147. The first-order valence-electron chi connectivity index (χ1n) is 8.91. The largest absolute Gasteiger partial charge is 0.508 e. The molecule has 5 heteroatoms. The molecule has 1 aliphatic heterocycles. The molecule has 26 heavy (non-hydrogen) atoms. The van der Waals surface area contributed by atoms with Gasteiger partial charge < -0.3 is 15.2 Å². The van der Waals surface area contributed by atoms with Crippen LogP contribution in [0.4, 0.5) is 0 Å². The number of phenolic OH excluding ortho intramolecular Hbond substituents is 1. The van der Waals surface area contributed by atoms with Crippen LogP contribution in [0.25, 0.3) is 0 Å². The van der Waals surface area contributed by atoms with Gasteiger partial charge in [-0.25, -0.2) is 0 Å². The number of esters is 1. The van der Waals surface area contributed by atoms with Crippen molar-refractivity contribution in [2.24, 2.45) is 11.3 Å². The van der Waals surface area contributed by atoms with Crippen molar-refractivity contribution in [3.05, 3.63) is 53.4 Å². The van der Waals surface area contributed by atoms with E-state index >= 15 is 0 Å². The van der Waals surface area contributed by atoms with Gasteiger partial charge in [-0.1, -0.05) is 32.6 Å². The van der Waals surface area contributed by atoms with Gasteiger partial charge in [-0.3, -0.25) is 9.59 Å². The second kappa shape index (κ2) is 6.63. The van der Waals surface area contributed by atoms with E-state index in [0.717, 1.165) is 17.7 Å². The Balaban J connectivity index is 2.15. The predicted molar refractivity (Wildman–Crippen MR) is 98.3 cm³/mol. The monoisotopic (exact) mass is 355 g/mol. The van der Waals surface area contributed by atoms with Crippen molar-refractivity contribution in [3.8, 4) is 5.75 Å². The van der Waals surface area contributed by atoms with E-state index in [0.29, 0.717) is 17.7 Å². The molecule has 0 bridgehead atoms. The fraction of sp³-hybridized carbons (Fsp3) is 0.429. The molecule has 2 unspecified atom stereocenters. The van der Waals surface area contributed by atoms with E-state index in [2.05, 4.69) is 25.7 Å². The number of hydrogen-bond donors (Lipinski definition) is 2. The number of aromatic hydroxyl groups is 1. The summed E-state index contributed by atoms with van der Waals surface area (Å²) in [5, 5.41) is 12.8. The van der Waals surface area contributed by atoms with Gasteiger partial charge in [0, 0.05) is 29.3 Å². The third kappa shape index (κ3) is 3.26. The molecular weight excluding hydrogens is 330 g/mol. The van der Waals surface area contributed by atoms with Gasteiger partial charge in [0.25, 0.3) is 0 Å². The second-order valence-corrected chi connectivity index (χ2v) is 7.78. The fourth-order valence-electron chi connectivity index (χ4n) is 4.00. The predicted octanol–water partition coefficient (Wildman–Crippen LogP) is 3.42. The van der Waals surface area contributed by atoms with Gasteiger partial charge in [0.1, 0.15) is 11.7 Å². The van der Waals surface area contributed by atoms with E-state index in [4.69, 9.17) is 4.74 Å². The van der Waals surface area contributed by atoms with Crippen LogP contribution in [0.15, 0.2) is 47.8 Å². The first-order chi connectivity index (χ1) is 12.2. The normalized spacial score (nSPS) is 24.7. The van der Waals surface area contributed by atoms with Crippen LogP contribution in [-0.2, 0) is 14.3 Å². The van der Waals surface area contributed by atoms with Crippen molar-refractivity contribution >= 4 is 11.8 Å². The Morgan fingerprint density at radius 1 is 1.31 bits per heavy atom. The van der Waals surface area contributed by atoms with E-state index in [-0.39, 0.29) is 23.6 Å². The third-order valence-corrected chi connectivity index (χ3v) is 5.04. The van der Waals surface area contributed by atoms with Gasteiger partial charge in [-0.05, 0) is 36.5 Å². The molecule has 0 spiro atoms. The highest BCUT2D eigenvalue weighted by Gasteiger charge is 2.46. The van der Waals surface area contributed by atoms with Crippen molar-refractivity contribution in [1.29, 1.82) is 0 Å². The second-order valence-electron chi connectivity index (χ2n) is 7.78. The maximum atomic E-state index is 13.0. The third-order valence-electron chi connectivity index (χ3n) is 5.04. The molecule has 2 aliphatic rings. The zero-order valence-electron chi connectivity index (χ0n) is 15.5. The van der Waals surface area contributed by atoms with Crippen molar-refractivity contribution in [3.63, 3.8) is 0 Å². The van der Waals surface area contributed by atoms with Gasteiger partial charge in [0.15, 0.2) is 5.78 Å². The van der Waals surface area contributed by atoms with E-state index in [1.165, 1.54) is 0 Å². The summed E-state index contributed by atoms with van der Waals surface area (Å²) in [6.45, 7) is 10.2. The maximum Gasteiger partial charge on any atom is 0.315 e. The van der Waals surface area contributed by atoms with Crippen molar-refractivity contribution in [2.75, 3.05) is 6.61 Å². The smallest absolute Gasteiger partial charge is 0.315 e. The van der Waals surface area contributed by atoms with Gasteiger partial charge in [0.2, 0.25) is 0 Å². The molecule has 1 aromatic rings. The zero-order chi connectivity index (χ0) is 19.1. The molecule has 0 radical (unpaired) electrons.